The quantitative estimate of drug-likeness (QED) is 0.380. The first kappa shape index (κ1) is 20.1. The number of benzene rings is 2. The van der Waals surface area contributed by atoms with E-state index in [9.17, 15) is 5.26 Å². The zero-order valence-corrected chi connectivity index (χ0v) is 17.6. The van der Waals surface area contributed by atoms with Crippen LogP contribution in [-0.2, 0) is 19.5 Å². The minimum absolute atomic E-state index is 0.469. The minimum atomic E-state index is 0.469. The number of hydrogen-bond acceptors (Lipinski definition) is 5. The van der Waals surface area contributed by atoms with Gasteiger partial charge in [0.25, 0.3) is 0 Å². The molecular weight excluding hydrogens is 390 g/mol. The maximum absolute atomic E-state index is 9.74. The lowest BCUT2D eigenvalue weighted by atomic mass is 10.0. The van der Waals surface area contributed by atoms with Crippen LogP contribution >= 0.6 is 11.3 Å². The molecule has 0 bridgehead atoms. The van der Waals surface area contributed by atoms with Crippen molar-refractivity contribution >= 4 is 22.6 Å². The van der Waals surface area contributed by atoms with Gasteiger partial charge in [0.05, 0.1) is 5.56 Å². The predicted octanol–water partition coefficient (Wildman–Crippen LogP) is 5.49. The maximum atomic E-state index is 9.74. The Labute approximate surface area is 181 Å². The first-order chi connectivity index (χ1) is 14.8. The third kappa shape index (κ3) is 4.68. The lowest BCUT2D eigenvalue weighted by molar-refractivity contribution is 0.249. The van der Waals surface area contributed by atoms with Gasteiger partial charge in [-0.3, -0.25) is 4.90 Å². The van der Waals surface area contributed by atoms with E-state index in [1.54, 1.807) is 23.6 Å². The smallest absolute Gasteiger partial charge is 0.134 e. The molecule has 4 rings (SSSR count). The van der Waals surface area contributed by atoms with Crippen molar-refractivity contribution in [1.82, 2.24) is 4.90 Å². The summed E-state index contributed by atoms with van der Waals surface area (Å²) in [7, 11) is 0. The van der Waals surface area contributed by atoms with Gasteiger partial charge < -0.3 is 4.74 Å². The zero-order chi connectivity index (χ0) is 20.8. The van der Waals surface area contributed by atoms with E-state index in [2.05, 4.69) is 46.8 Å². The van der Waals surface area contributed by atoms with Crippen molar-refractivity contribution in [2.45, 2.75) is 19.5 Å². The van der Waals surface area contributed by atoms with Crippen LogP contribution in [0.2, 0.25) is 0 Å². The number of rotatable bonds is 7. The second-order valence-electron chi connectivity index (χ2n) is 7.17. The minimum Gasteiger partial charge on any atom is -0.490 e. The number of aliphatic imine (C=N–C) groups is 1. The summed E-state index contributed by atoms with van der Waals surface area (Å²) in [5, 5.41) is 10.5. The van der Waals surface area contributed by atoms with Gasteiger partial charge in [-0.25, -0.2) is 4.99 Å². The molecule has 1 aromatic heterocycles. The Hall–Kier alpha value is -3.20. The monoisotopic (exact) mass is 413 g/mol. The van der Waals surface area contributed by atoms with Gasteiger partial charge in [0.15, 0.2) is 0 Å². The number of fused-ring (bicyclic) bond motifs is 1. The molecule has 150 valence electrons. The summed E-state index contributed by atoms with van der Waals surface area (Å²) in [4.78, 5) is 8.35. The van der Waals surface area contributed by atoms with Crippen LogP contribution in [0.15, 0.2) is 72.2 Å². The van der Waals surface area contributed by atoms with E-state index >= 15 is 0 Å². The second kappa shape index (κ2) is 9.53. The molecule has 3 aromatic rings. The van der Waals surface area contributed by atoms with Crippen LogP contribution in [0.3, 0.4) is 0 Å². The van der Waals surface area contributed by atoms with Crippen LogP contribution in [0.5, 0.6) is 5.75 Å². The van der Waals surface area contributed by atoms with Gasteiger partial charge in [0, 0.05) is 30.7 Å². The highest BCUT2D eigenvalue weighted by molar-refractivity contribution is 7.16. The van der Waals surface area contributed by atoms with Crippen molar-refractivity contribution in [2.75, 3.05) is 13.2 Å². The summed E-state index contributed by atoms with van der Waals surface area (Å²) in [5.41, 5.74) is 4.15. The van der Waals surface area contributed by atoms with Crippen molar-refractivity contribution < 1.29 is 4.74 Å². The van der Waals surface area contributed by atoms with Crippen LogP contribution in [-0.4, -0.2) is 24.3 Å². The predicted molar refractivity (Wildman–Crippen MR) is 123 cm³/mol. The lowest BCUT2D eigenvalue weighted by Crippen LogP contribution is -2.29. The molecule has 1 aliphatic rings. The summed E-state index contributed by atoms with van der Waals surface area (Å²) in [5.74, 6) is 0.779. The first-order valence-corrected chi connectivity index (χ1v) is 10.8. The molecule has 4 nitrogen and oxygen atoms in total. The van der Waals surface area contributed by atoms with Crippen LogP contribution in [0.4, 0.5) is 5.00 Å². The molecule has 30 heavy (non-hydrogen) atoms. The summed E-state index contributed by atoms with van der Waals surface area (Å²) >= 11 is 1.63. The Balaban J connectivity index is 1.51. The van der Waals surface area contributed by atoms with Gasteiger partial charge in [0.1, 0.15) is 23.4 Å². The molecular formula is C25H23N3OS. The van der Waals surface area contributed by atoms with Crippen LogP contribution < -0.4 is 4.74 Å². The molecule has 1 aliphatic heterocycles. The molecule has 0 unspecified atom stereocenters. The fraction of sp³-hybridized carbons (Fsp3) is 0.200. The average molecular weight is 414 g/mol. The van der Waals surface area contributed by atoms with Crippen LogP contribution in [0.1, 0.15) is 27.1 Å². The molecule has 0 fully saturated rings. The maximum Gasteiger partial charge on any atom is 0.134 e. The van der Waals surface area contributed by atoms with E-state index in [1.165, 1.54) is 16.0 Å². The summed E-state index contributed by atoms with van der Waals surface area (Å²) in [6, 6.07) is 20.7. The normalized spacial score (nSPS) is 13.7. The molecule has 2 aromatic carbocycles. The lowest BCUT2D eigenvalue weighted by Gasteiger charge is -2.26. The van der Waals surface area contributed by atoms with Crippen molar-refractivity contribution in [3.05, 3.63) is 94.4 Å². The molecule has 0 radical (unpaired) electrons. The topological polar surface area (TPSA) is 48.6 Å². The zero-order valence-electron chi connectivity index (χ0n) is 16.8. The van der Waals surface area contributed by atoms with Gasteiger partial charge in [-0.05, 0) is 35.2 Å². The fourth-order valence-electron chi connectivity index (χ4n) is 3.60. The first-order valence-electron chi connectivity index (χ1n) is 9.95. The molecule has 0 saturated heterocycles. The number of nitriles is 1. The summed E-state index contributed by atoms with van der Waals surface area (Å²) < 4.78 is 5.58. The molecule has 2 heterocycles. The third-order valence-electron chi connectivity index (χ3n) is 5.03. The van der Waals surface area contributed by atoms with E-state index in [0.717, 1.165) is 47.9 Å². The Morgan fingerprint density at radius 1 is 1.20 bits per heavy atom. The van der Waals surface area contributed by atoms with E-state index in [0.29, 0.717) is 6.61 Å². The van der Waals surface area contributed by atoms with Crippen molar-refractivity contribution in [1.29, 1.82) is 5.26 Å². The molecule has 0 aliphatic carbocycles. The van der Waals surface area contributed by atoms with E-state index in [4.69, 9.17) is 4.74 Å². The van der Waals surface area contributed by atoms with Gasteiger partial charge in [-0.1, -0.05) is 55.1 Å². The third-order valence-corrected chi connectivity index (χ3v) is 6.16. The van der Waals surface area contributed by atoms with Crippen molar-refractivity contribution in [3.8, 4) is 11.8 Å². The van der Waals surface area contributed by atoms with Crippen molar-refractivity contribution in [3.63, 3.8) is 0 Å². The number of hydrogen-bond donors (Lipinski definition) is 0. The highest BCUT2D eigenvalue weighted by Crippen LogP contribution is 2.38. The van der Waals surface area contributed by atoms with E-state index in [-0.39, 0.29) is 0 Å². The largest absolute Gasteiger partial charge is 0.490 e. The highest BCUT2D eigenvalue weighted by Gasteiger charge is 2.24. The Kier molecular flexibility index (Phi) is 6.38. The summed E-state index contributed by atoms with van der Waals surface area (Å²) in [6.45, 7) is 6.89. The molecule has 0 spiro atoms. The fourth-order valence-corrected chi connectivity index (χ4v) is 4.78. The second-order valence-corrected chi connectivity index (χ2v) is 8.26. The Morgan fingerprint density at radius 3 is 2.87 bits per heavy atom. The number of nitrogens with zero attached hydrogens (tertiary/aromatic N) is 3. The van der Waals surface area contributed by atoms with Crippen LogP contribution in [0, 0.1) is 11.3 Å². The van der Waals surface area contributed by atoms with Gasteiger partial charge in [-0.15, -0.1) is 11.3 Å². The van der Waals surface area contributed by atoms with Crippen LogP contribution in [0.25, 0.3) is 0 Å². The van der Waals surface area contributed by atoms with Crippen molar-refractivity contribution in [2.24, 2.45) is 4.99 Å². The number of ether oxygens (including phenoxy) is 1. The van der Waals surface area contributed by atoms with Gasteiger partial charge in [0.2, 0.25) is 0 Å². The average Bonchev–Trinajstić information content (AvgIpc) is 3.14. The number of thiophene rings is 1. The highest BCUT2D eigenvalue weighted by atomic mass is 32.1. The standard InChI is InChI=1S/C25H23N3OS/c1-2-13-29-21-10-6-9-20(14-21)16-27-25-23(15-26)22-11-12-28(18-24(22)30-25)17-19-7-4-3-5-8-19/h2-10,14,16H,1,11-13,17-18H2. The van der Waals surface area contributed by atoms with Gasteiger partial charge in [-0.2, -0.15) is 5.26 Å². The molecule has 0 amide bonds. The molecule has 5 heteroatoms. The molecule has 0 N–H and O–H groups in total. The van der Waals surface area contributed by atoms with E-state index < -0.39 is 0 Å². The summed E-state index contributed by atoms with van der Waals surface area (Å²) in [6.07, 6.45) is 4.42. The Bertz CT molecular complexity index is 1100. The SMILES string of the molecule is C=CCOc1cccc(C=Nc2sc3c(c2C#N)CCN(Cc2ccccc2)C3)c1. The van der Waals surface area contributed by atoms with E-state index in [1.807, 2.05) is 30.3 Å². The molecule has 0 atom stereocenters. The molecule has 0 saturated carbocycles. The van der Waals surface area contributed by atoms with Gasteiger partial charge >= 0.3 is 0 Å². The Morgan fingerprint density at radius 2 is 2.07 bits per heavy atom.